The summed E-state index contributed by atoms with van der Waals surface area (Å²) in [6.07, 6.45) is 2.10. The number of fused-ring (bicyclic) bond motifs is 1. The van der Waals surface area contributed by atoms with Crippen LogP contribution in [0.5, 0.6) is 0 Å². The van der Waals surface area contributed by atoms with E-state index in [1.54, 1.807) is 28.8 Å². The van der Waals surface area contributed by atoms with Crippen LogP contribution in [-0.4, -0.2) is 40.1 Å². The first-order chi connectivity index (χ1) is 14.3. The normalized spacial score (nSPS) is 17.5. The van der Waals surface area contributed by atoms with Gasteiger partial charge in [-0.25, -0.2) is 4.79 Å². The second-order valence-electron chi connectivity index (χ2n) is 7.78. The van der Waals surface area contributed by atoms with E-state index in [0.717, 1.165) is 25.9 Å². The van der Waals surface area contributed by atoms with Crippen LogP contribution < -0.4 is 11.4 Å². The molecule has 6 nitrogen and oxygen atoms in total. The minimum atomic E-state index is -0.604. The second-order valence-corrected chi connectivity index (χ2v) is 9.04. The Labute approximate surface area is 188 Å². The van der Waals surface area contributed by atoms with Gasteiger partial charge in [0, 0.05) is 23.7 Å². The Hall–Kier alpha value is -1.99. The molecule has 3 aromatic rings. The molecule has 1 saturated heterocycles. The molecule has 158 valence electrons. The number of benzene rings is 2. The van der Waals surface area contributed by atoms with E-state index in [1.807, 2.05) is 0 Å². The van der Waals surface area contributed by atoms with E-state index < -0.39 is 5.91 Å². The zero-order chi connectivity index (χ0) is 21.6. The molecule has 2 aromatic carbocycles. The van der Waals surface area contributed by atoms with Crippen LogP contribution >= 0.6 is 34.8 Å². The lowest BCUT2D eigenvalue weighted by Gasteiger charge is -2.29. The van der Waals surface area contributed by atoms with Crippen LogP contribution in [0.2, 0.25) is 15.1 Å². The summed E-state index contributed by atoms with van der Waals surface area (Å²) in [6.45, 7) is 2.45. The highest BCUT2D eigenvalue weighted by molar-refractivity contribution is 6.37. The molecule has 2 heterocycles. The van der Waals surface area contributed by atoms with Gasteiger partial charge in [-0.2, -0.15) is 0 Å². The molecule has 4 rings (SSSR count). The van der Waals surface area contributed by atoms with Gasteiger partial charge < -0.3 is 10.6 Å². The van der Waals surface area contributed by atoms with Crippen LogP contribution in [0.15, 0.2) is 35.1 Å². The predicted molar refractivity (Wildman–Crippen MR) is 121 cm³/mol. The zero-order valence-electron chi connectivity index (χ0n) is 16.4. The largest absolute Gasteiger partial charge is 0.366 e. The molecule has 1 unspecified atom stereocenters. The molecule has 1 aliphatic heterocycles. The molecular weight excluding hydrogens is 447 g/mol. The van der Waals surface area contributed by atoms with E-state index in [9.17, 15) is 9.59 Å². The maximum Gasteiger partial charge on any atom is 0.333 e. The number of aromatic nitrogens is 2. The molecule has 1 fully saturated rings. The van der Waals surface area contributed by atoms with Crippen molar-refractivity contribution in [3.8, 4) is 5.69 Å². The first kappa shape index (κ1) is 21.2. The van der Waals surface area contributed by atoms with E-state index in [0.29, 0.717) is 39.2 Å². The van der Waals surface area contributed by atoms with Crippen molar-refractivity contribution in [2.24, 2.45) is 11.7 Å². The SMILES string of the molecule is CN1CCCC(Cn2c(=O)n(-c3ccc(Cl)cc3Cl)c3c(Cl)cc(C(N)=O)cc32)C1. The fraction of sp³-hybridized carbons (Fsp3) is 0.333. The lowest BCUT2D eigenvalue weighted by molar-refractivity contribution is 0.100. The van der Waals surface area contributed by atoms with Crippen LogP contribution in [0.1, 0.15) is 23.2 Å². The number of piperidine rings is 1. The maximum atomic E-state index is 13.6. The average Bonchev–Trinajstić information content (AvgIpc) is 2.94. The number of hydrogen-bond donors (Lipinski definition) is 1. The van der Waals surface area contributed by atoms with Crippen molar-refractivity contribution in [1.29, 1.82) is 0 Å². The van der Waals surface area contributed by atoms with E-state index in [1.165, 1.54) is 10.6 Å². The number of primary amides is 1. The molecule has 2 N–H and O–H groups in total. The Morgan fingerprint density at radius 2 is 1.93 bits per heavy atom. The number of nitrogens with zero attached hydrogens (tertiary/aromatic N) is 3. The topological polar surface area (TPSA) is 73.3 Å². The fourth-order valence-electron chi connectivity index (χ4n) is 4.22. The first-order valence-corrected chi connectivity index (χ1v) is 10.8. The lowest BCUT2D eigenvalue weighted by atomic mass is 9.98. The van der Waals surface area contributed by atoms with Gasteiger partial charge in [-0.1, -0.05) is 34.8 Å². The summed E-state index contributed by atoms with van der Waals surface area (Å²) >= 11 is 19.0. The molecular formula is C21H21Cl3N4O2. The molecule has 30 heavy (non-hydrogen) atoms. The summed E-state index contributed by atoms with van der Waals surface area (Å²) < 4.78 is 3.15. The minimum Gasteiger partial charge on any atom is -0.366 e. The quantitative estimate of drug-likeness (QED) is 0.625. The lowest BCUT2D eigenvalue weighted by Crippen LogP contribution is -2.36. The van der Waals surface area contributed by atoms with Crippen molar-refractivity contribution in [3.05, 3.63) is 61.4 Å². The molecule has 9 heteroatoms. The van der Waals surface area contributed by atoms with Gasteiger partial charge in [-0.3, -0.25) is 13.9 Å². The van der Waals surface area contributed by atoms with Crippen molar-refractivity contribution >= 4 is 51.7 Å². The van der Waals surface area contributed by atoms with Gasteiger partial charge in [0.25, 0.3) is 0 Å². The van der Waals surface area contributed by atoms with Crippen molar-refractivity contribution in [2.45, 2.75) is 19.4 Å². The average molecular weight is 468 g/mol. The Morgan fingerprint density at radius 3 is 2.60 bits per heavy atom. The Kier molecular flexibility index (Phi) is 5.86. The van der Waals surface area contributed by atoms with Crippen molar-refractivity contribution in [3.63, 3.8) is 0 Å². The van der Waals surface area contributed by atoms with Crippen LogP contribution in [0.25, 0.3) is 16.7 Å². The number of carbonyl (C=O) groups is 1. The van der Waals surface area contributed by atoms with Gasteiger partial charge in [0.15, 0.2) is 0 Å². The van der Waals surface area contributed by atoms with Crippen LogP contribution in [-0.2, 0) is 6.54 Å². The number of nitrogens with two attached hydrogens (primary N) is 1. The summed E-state index contributed by atoms with van der Waals surface area (Å²) in [5.74, 6) is -0.301. The number of imidazole rings is 1. The van der Waals surface area contributed by atoms with E-state index >= 15 is 0 Å². The Balaban J connectivity index is 1.97. The molecule has 1 aliphatic rings. The molecule has 0 saturated carbocycles. The first-order valence-electron chi connectivity index (χ1n) is 9.65. The second kappa shape index (κ2) is 8.27. The number of halogens is 3. The minimum absolute atomic E-state index is 0.251. The van der Waals surface area contributed by atoms with Gasteiger partial charge >= 0.3 is 5.69 Å². The standard InChI is InChI=1S/C21H21Cl3N4O2/c1-26-6-2-3-12(10-26)11-27-18-8-13(20(25)29)7-16(24)19(18)28(21(27)30)17-5-4-14(22)9-15(17)23/h4-5,7-9,12H,2-3,6,10-11H2,1H3,(H2,25,29). The maximum absolute atomic E-state index is 13.6. The highest BCUT2D eigenvalue weighted by Gasteiger charge is 2.24. The fourth-order valence-corrected chi connectivity index (χ4v) is 5.01. The van der Waals surface area contributed by atoms with Crippen LogP contribution in [0, 0.1) is 5.92 Å². The number of hydrogen-bond acceptors (Lipinski definition) is 3. The van der Waals surface area contributed by atoms with Crippen molar-refractivity contribution < 1.29 is 4.79 Å². The van der Waals surface area contributed by atoms with E-state index in [2.05, 4.69) is 11.9 Å². The molecule has 0 bridgehead atoms. The highest BCUT2D eigenvalue weighted by atomic mass is 35.5. The molecule has 0 spiro atoms. The van der Waals surface area contributed by atoms with Gasteiger partial charge in [-0.15, -0.1) is 0 Å². The monoisotopic (exact) mass is 466 g/mol. The third-order valence-corrected chi connectivity index (χ3v) is 6.40. The number of likely N-dealkylation sites (tertiary alicyclic amines) is 1. The van der Waals surface area contributed by atoms with E-state index in [4.69, 9.17) is 40.5 Å². The third kappa shape index (κ3) is 3.85. The van der Waals surface area contributed by atoms with Gasteiger partial charge in [0.2, 0.25) is 5.91 Å². The Morgan fingerprint density at radius 1 is 1.17 bits per heavy atom. The molecule has 1 atom stereocenters. The number of rotatable bonds is 4. The van der Waals surface area contributed by atoms with Gasteiger partial charge in [-0.05, 0) is 62.7 Å². The summed E-state index contributed by atoms with van der Waals surface area (Å²) in [4.78, 5) is 27.6. The van der Waals surface area contributed by atoms with Crippen molar-refractivity contribution in [2.75, 3.05) is 20.1 Å². The predicted octanol–water partition coefficient (Wildman–Crippen LogP) is 4.19. The van der Waals surface area contributed by atoms with Gasteiger partial charge in [0.1, 0.15) is 0 Å². The van der Waals surface area contributed by atoms with Crippen molar-refractivity contribution in [1.82, 2.24) is 14.0 Å². The van der Waals surface area contributed by atoms with Gasteiger partial charge in [0.05, 0.1) is 26.8 Å². The number of carbonyl (C=O) groups excluding carboxylic acids is 1. The summed E-state index contributed by atoms with van der Waals surface area (Å²) in [5, 5.41) is 1.05. The molecule has 0 aliphatic carbocycles. The molecule has 0 radical (unpaired) electrons. The summed E-state index contributed by atoms with van der Waals surface area (Å²) in [6, 6.07) is 8.03. The van der Waals surface area contributed by atoms with Crippen LogP contribution in [0.3, 0.4) is 0 Å². The zero-order valence-corrected chi connectivity index (χ0v) is 18.6. The molecule has 1 amide bonds. The number of amides is 1. The summed E-state index contributed by atoms with van der Waals surface area (Å²) in [5.41, 5.74) is 6.99. The Bertz CT molecular complexity index is 1200. The third-order valence-electron chi connectivity index (χ3n) is 5.58. The highest BCUT2D eigenvalue weighted by Crippen LogP contribution is 2.32. The van der Waals surface area contributed by atoms with E-state index in [-0.39, 0.29) is 16.3 Å². The van der Waals surface area contributed by atoms with Crippen LogP contribution in [0.4, 0.5) is 0 Å². The molecule has 1 aromatic heterocycles. The smallest absolute Gasteiger partial charge is 0.333 e. The summed E-state index contributed by atoms with van der Waals surface area (Å²) in [7, 11) is 2.08.